The van der Waals surface area contributed by atoms with E-state index in [4.69, 9.17) is 0 Å². The lowest BCUT2D eigenvalue weighted by molar-refractivity contribution is 0.246. The van der Waals surface area contributed by atoms with Gasteiger partial charge in [-0.2, -0.15) is 5.26 Å². The van der Waals surface area contributed by atoms with Crippen LogP contribution >= 0.6 is 0 Å². The van der Waals surface area contributed by atoms with Crippen molar-refractivity contribution in [2.45, 2.75) is 57.6 Å². The highest BCUT2D eigenvalue weighted by Crippen LogP contribution is 2.39. The lowest BCUT2D eigenvalue weighted by Gasteiger charge is -2.33. The van der Waals surface area contributed by atoms with Gasteiger partial charge in [0, 0.05) is 6.54 Å². The Morgan fingerprint density at radius 1 is 1.17 bits per heavy atom. The maximum absolute atomic E-state index is 11.9. The van der Waals surface area contributed by atoms with Gasteiger partial charge in [0.15, 0.2) is 0 Å². The summed E-state index contributed by atoms with van der Waals surface area (Å²) < 4.78 is 26.5. The van der Waals surface area contributed by atoms with Gasteiger partial charge < -0.3 is 0 Å². The Balaban J connectivity index is 1.90. The standard InChI is InChI=1S/C19H28N2O2S/c1-14(2)24(22,23)21-13-15(3)16-8-10-17(11-9-16)19-7-5-4-6-18(19)12-20/h4-7,14-17,21H,8-11,13H2,1-3H3. The maximum atomic E-state index is 11.9. The molecule has 0 amide bonds. The van der Waals surface area contributed by atoms with Crippen LogP contribution in [0, 0.1) is 23.2 Å². The van der Waals surface area contributed by atoms with E-state index < -0.39 is 10.0 Å². The molecular weight excluding hydrogens is 320 g/mol. The van der Waals surface area contributed by atoms with E-state index in [1.807, 2.05) is 18.2 Å². The first-order valence-electron chi connectivity index (χ1n) is 8.82. The molecule has 4 nitrogen and oxygen atoms in total. The first kappa shape index (κ1) is 19.0. The van der Waals surface area contributed by atoms with E-state index in [1.165, 1.54) is 5.56 Å². The third-order valence-corrected chi connectivity index (χ3v) is 7.13. The Labute approximate surface area is 146 Å². The zero-order valence-corrected chi connectivity index (χ0v) is 15.6. The molecule has 0 bridgehead atoms. The number of nitriles is 1. The van der Waals surface area contributed by atoms with Crippen LogP contribution in [-0.4, -0.2) is 20.2 Å². The Kier molecular flexibility index (Phi) is 6.42. The molecular formula is C19H28N2O2S. The molecule has 132 valence electrons. The second kappa shape index (κ2) is 8.13. The van der Waals surface area contributed by atoms with Crippen molar-refractivity contribution in [3.05, 3.63) is 35.4 Å². The summed E-state index contributed by atoms with van der Waals surface area (Å²) in [4.78, 5) is 0. The number of sulfonamides is 1. The predicted octanol–water partition coefficient (Wildman–Crippen LogP) is 3.80. The lowest BCUT2D eigenvalue weighted by Crippen LogP contribution is -2.36. The number of rotatable bonds is 6. The SMILES string of the molecule is CC(CNS(=O)(=O)C(C)C)C1CCC(c2ccccc2C#N)CC1. The zero-order chi connectivity index (χ0) is 17.7. The van der Waals surface area contributed by atoms with Crippen LogP contribution in [0.1, 0.15) is 63.5 Å². The van der Waals surface area contributed by atoms with Crippen molar-refractivity contribution in [3.8, 4) is 6.07 Å². The molecule has 1 fully saturated rings. The minimum absolute atomic E-state index is 0.339. The summed E-state index contributed by atoms with van der Waals surface area (Å²) in [5.41, 5.74) is 1.96. The number of nitrogens with zero attached hydrogens (tertiary/aromatic N) is 1. The van der Waals surface area contributed by atoms with E-state index in [-0.39, 0.29) is 5.25 Å². The van der Waals surface area contributed by atoms with E-state index >= 15 is 0 Å². The van der Waals surface area contributed by atoms with Gasteiger partial charge in [-0.3, -0.25) is 0 Å². The molecule has 2 rings (SSSR count). The Bertz CT molecular complexity index is 684. The fourth-order valence-electron chi connectivity index (χ4n) is 3.53. The third-order valence-electron chi connectivity index (χ3n) is 5.32. The van der Waals surface area contributed by atoms with Crippen molar-refractivity contribution < 1.29 is 8.42 Å². The topological polar surface area (TPSA) is 70.0 Å². The zero-order valence-electron chi connectivity index (χ0n) is 14.8. The molecule has 24 heavy (non-hydrogen) atoms. The van der Waals surface area contributed by atoms with E-state index in [0.29, 0.717) is 24.3 Å². The average molecular weight is 349 g/mol. The molecule has 1 aliphatic carbocycles. The normalized spacial score (nSPS) is 23.0. The number of benzene rings is 1. The molecule has 1 saturated carbocycles. The fraction of sp³-hybridized carbons (Fsp3) is 0.632. The van der Waals surface area contributed by atoms with Gasteiger partial charge in [-0.25, -0.2) is 13.1 Å². The van der Waals surface area contributed by atoms with Crippen LogP contribution in [0.25, 0.3) is 0 Å². The Hall–Kier alpha value is -1.38. The fourth-order valence-corrected chi connectivity index (χ4v) is 4.36. The van der Waals surface area contributed by atoms with Gasteiger partial charge in [0.2, 0.25) is 10.0 Å². The molecule has 1 aliphatic rings. The third kappa shape index (κ3) is 4.58. The van der Waals surface area contributed by atoms with Crippen molar-refractivity contribution in [2.24, 2.45) is 11.8 Å². The minimum Gasteiger partial charge on any atom is -0.215 e. The van der Waals surface area contributed by atoms with Crippen LogP contribution in [0.5, 0.6) is 0 Å². The molecule has 1 aromatic rings. The molecule has 1 N–H and O–H groups in total. The summed E-state index contributed by atoms with van der Waals surface area (Å²) >= 11 is 0. The van der Waals surface area contributed by atoms with Crippen molar-refractivity contribution >= 4 is 10.0 Å². The summed E-state index contributed by atoms with van der Waals surface area (Å²) in [5.74, 6) is 1.34. The molecule has 0 heterocycles. The van der Waals surface area contributed by atoms with Crippen molar-refractivity contribution in [1.29, 1.82) is 5.26 Å². The second-order valence-corrected chi connectivity index (χ2v) is 9.55. The maximum Gasteiger partial charge on any atom is 0.213 e. The predicted molar refractivity (Wildman–Crippen MR) is 97.1 cm³/mol. The van der Waals surface area contributed by atoms with Gasteiger partial charge in [0.1, 0.15) is 0 Å². The Morgan fingerprint density at radius 2 is 1.79 bits per heavy atom. The molecule has 0 aromatic heterocycles. The van der Waals surface area contributed by atoms with Gasteiger partial charge in [-0.15, -0.1) is 0 Å². The van der Waals surface area contributed by atoms with Crippen LogP contribution in [-0.2, 0) is 10.0 Å². The molecule has 5 heteroatoms. The highest BCUT2D eigenvalue weighted by Gasteiger charge is 2.28. The van der Waals surface area contributed by atoms with Crippen LogP contribution < -0.4 is 4.72 Å². The highest BCUT2D eigenvalue weighted by molar-refractivity contribution is 7.90. The summed E-state index contributed by atoms with van der Waals surface area (Å²) in [6.45, 7) is 6.05. The number of nitrogens with one attached hydrogen (secondary N) is 1. The van der Waals surface area contributed by atoms with Gasteiger partial charge >= 0.3 is 0 Å². The van der Waals surface area contributed by atoms with E-state index in [9.17, 15) is 13.7 Å². The van der Waals surface area contributed by atoms with Crippen molar-refractivity contribution in [1.82, 2.24) is 4.72 Å². The van der Waals surface area contributed by atoms with Gasteiger partial charge in [0.25, 0.3) is 0 Å². The smallest absolute Gasteiger partial charge is 0.213 e. The lowest BCUT2D eigenvalue weighted by atomic mass is 9.73. The first-order valence-corrected chi connectivity index (χ1v) is 10.4. The number of hydrogen-bond donors (Lipinski definition) is 1. The summed E-state index contributed by atoms with van der Waals surface area (Å²) in [7, 11) is -3.18. The number of hydrogen-bond acceptors (Lipinski definition) is 3. The Morgan fingerprint density at radius 3 is 2.38 bits per heavy atom. The van der Waals surface area contributed by atoms with Crippen LogP contribution in [0.2, 0.25) is 0 Å². The van der Waals surface area contributed by atoms with Gasteiger partial charge in [-0.05, 0) is 68.9 Å². The van der Waals surface area contributed by atoms with Crippen LogP contribution in [0.4, 0.5) is 0 Å². The molecule has 1 atom stereocenters. The average Bonchev–Trinajstić information content (AvgIpc) is 2.59. The largest absolute Gasteiger partial charge is 0.215 e. The van der Waals surface area contributed by atoms with Crippen molar-refractivity contribution in [3.63, 3.8) is 0 Å². The summed E-state index contributed by atoms with van der Waals surface area (Å²) in [6.07, 6.45) is 4.33. The molecule has 1 unspecified atom stereocenters. The second-order valence-electron chi connectivity index (χ2n) is 7.23. The highest BCUT2D eigenvalue weighted by atomic mass is 32.2. The first-order chi connectivity index (χ1) is 11.3. The summed E-state index contributed by atoms with van der Waals surface area (Å²) in [5, 5.41) is 8.88. The van der Waals surface area contributed by atoms with Gasteiger partial charge in [0.05, 0.1) is 16.9 Å². The molecule has 0 saturated heterocycles. The molecule has 0 radical (unpaired) electrons. The molecule has 0 aliphatic heterocycles. The van der Waals surface area contributed by atoms with E-state index in [0.717, 1.165) is 31.2 Å². The van der Waals surface area contributed by atoms with Crippen LogP contribution in [0.3, 0.4) is 0 Å². The van der Waals surface area contributed by atoms with Gasteiger partial charge in [-0.1, -0.05) is 25.1 Å². The minimum atomic E-state index is -3.18. The molecule has 0 spiro atoms. The van der Waals surface area contributed by atoms with E-state index in [1.54, 1.807) is 13.8 Å². The van der Waals surface area contributed by atoms with E-state index in [2.05, 4.69) is 23.8 Å². The molecule has 1 aromatic carbocycles. The quantitative estimate of drug-likeness (QED) is 0.850. The van der Waals surface area contributed by atoms with Crippen LogP contribution in [0.15, 0.2) is 24.3 Å². The monoisotopic (exact) mass is 348 g/mol. The summed E-state index contributed by atoms with van der Waals surface area (Å²) in [6, 6.07) is 10.2. The van der Waals surface area contributed by atoms with Crippen molar-refractivity contribution in [2.75, 3.05) is 6.54 Å².